The number of carbonyl (C=O) groups is 2. The number of likely N-dealkylation sites (tertiary alicyclic amines) is 1. The molecule has 1 aromatic heterocycles. The normalized spacial score (nSPS) is 19.9. The van der Waals surface area contributed by atoms with Gasteiger partial charge in [-0.3, -0.25) is 14.6 Å². The van der Waals surface area contributed by atoms with Crippen LogP contribution in [0.15, 0.2) is 30.3 Å². The smallest absolute Gasteiger partial charge is 0.250 e. The molecule has 0 saturated carbocycles. The van der Waals surface area contributed by atoms with Crippen molar-refractivity contribution in [1.82, 2.24) is 9.88 Å². The lowest BCUT2D eigenvalue weighted by atomic mass is 9.85. The number of fused-ring (bicyclic) bond motifs is 1. The third-order valence-electron chi connectivity index (χ3n) is 4.76. The summed E-state index contributed by atoms with van der Waals surface area (Å²) in [4.78, 5) is 31.3. The SMILES string of the molecule is CCCC(=O)N1CCC1(C)C(=O)Nc1cc(C)nc2ccccc12. The molecule has 24 heavy (non-hydrogen) atoms. The van der Waals surface area contributed by atoms with Crippen molar-refractivity contribution in [3.05, 3.63) is 36.0 Å². The highest BCUT2D eigenvalue weighted by molar-refractivity contribution is 6.06. The average molecular weight is 325 g/mol. The lowest BCUT2D eigenvalue weighted by molar-refractivity contribution is -0.154. The van der Waals surface area contributed by atoms with Gasteiger partial charge in [0.15, 0.2) is 0 Å². The first-order valence-electron chi connectivity index (χ1n) is 8.44. The first-order valence-corrected chi connectivity index (χ1v) is 8.44. The van der Waals surface area contributed by atoms with Gasteiger partial charge in [-0.2, -0.15) is 0 Å². The molecule has 1 aliphatic rings. The third kappa shape index (κ3) is 2.75. The Bertz CT molecular complexity index is 802. The molecule has 2 heterocycles. The van der Waals surface area contributed by atoms with Crippen molar-refractivity contribution in [1.29, 1.82) is 0 Å². The van der Waals surface area contributed by atoms with Crippen LogP contribution < -0.4 is 5.32 Å². The van der Waals surface area contributed by atoms with E-state index in [0.717, 1.165) is 28.7 Å². The monoisotopic (exact) mass is 325 g/mol. The third-order valence-corrected chi connectivity index (χ3v) is 4.76. The summed E-state index contributed by atoms with van der Waals surface area (Å²) < 4.78 is 0. The Morgan fingerprint density at radius 1 is 1.33 bits per heavy atom. The Morgan fingerprint density at radius 2 is 2.08 bits per heavy atom. The number of aryl methyl sites for hydroxylation is 1. The Morgan fingerprint density at radius 3 is 2.75 bits per heavy atom. The lowest BCUT2D eigenvalue weighted by Gasteiger charge is -2.49. The zero-order chi connectivity index (χ0) is 17.3. The van der Waals surface area contributed by atoms with Gasteiger partial charge in [0.25, 0.3) is 0 Å². The number of anilines is 1. The largest absolute Gasteiger partial charge is 0.328 e. The van der Waals surface area contributed by atoms with E-state index < -0.39 is 5.54 Å². The highest BCUT2D eigenvalue weighted by Crippen LogP contribution is 2.33. The predicted molar refractivity (Wildman–Crippen MR) is 94.8 cm³/mol. The molecular weight excluding hydrogens is 302 g/mol. The highest BCUT2D eigenvalue weighted by Gasteiger charge is 2.49. The van der Waals surface area contributed by atoms with Crippen LogP contribution in [0.25, 0.3) is 10.9 Å². The molecule has 0 spiro atoms. The van der Waals surface area contributed by atoms with Crippen LogP contribution in [0.1, 0.15) is 38.8 Å². The molecule has 2 amide bonds. The number of nitrogens with zero attached hydrogens (tertiary/aromatic N) is 2. The van der Waals surface area contributed by atoms with Gasteiger partial charge in [0.05, 0.1) is 11.2 Å². The molecule has 0 aliphatic carbocycles. The molecule has 0 radical (unpaired) electrons. The number of carbonyl (C=O) groups excluding carboxylic acids is 2. The fourth-order valence-electron chi connectivity index (χ4n) is 3.21. The molecule has 1 fully saturated rings. The van der Waals surface area contributed by atoms with Crippen molar-refractivity contribution in [2.24, 2.45) is 0 Å². The maximum absolute atomic E-state index is 12.9. The van der Waals surface area contributed by atoms with Gasteiger partial charge in [0.2, 0.25) is 11.8 Å². The molecular formula is C19H23N3O2. The molecule has 1 aromatic carbocycles. The number of aromatic nitrogens is 1. The molecule has 1 unspecified atom stereocenters. The minimum absolute atomic E-state index is 0.0529. The minimum atomic E-state index is -0.759. The number of hydrogen-bond donors (Lipinski definition) is 1. The number of rotatable bonds is 4. The fraction of sp³-hybridized carbons (Fsp3) is 0.421. The van der Waals surface area contributed by atoms with Crippen molar-refractivity contribution in [3.63, 3.8) is 0 Å². The standard InChI is InChI=1S/C19H23N3O2/c1-4-7-17(23)22-11-10-19(22,3)18(24)21-16-12-13(2)20-15-9-6-5-8-14(15)16/h5-6,8-9,12H,4,7,10-11H2,1-3H3,(H,20,21,24). The number of amides is 2. The minimum Gasteiger partial charge on any atom is -0.328 e. The second-order valence-electron chi connectivity index (χ2n) is 6.60. The van der Waals surface area contributed by atoms with E-state index in [4.69, 9.17) is 0 Å². The van der Waals surface area contributed by atoms with Crippen LogP contribution in [0.2, 0.25) is 0 Å². The maximum atomic E-state index is 12.9. The van der Waals surface area contributed by atoms with E-state index in [1.165, 1.54) is 0 Å². The molecule has 5 nitrogen and oxygen atoms in total. The first kappa shape index (κ1) is 16.4. The number of nitrogens with one attached hydrogen (secondary N) is 1. The number of hydrogen-bond acceptors (Lipinski definition) is 3. The summed E-state index contributed by atoms with van der Waals surface area (Å²) in [5.74, 6) is -0.0777. The van der Waals surface area contributed by atoms with Crippen LogP contribution in [0.5, 0.6) is 0 Å². The molecule has 0 bridgehead atoms. The van der Waals surface area contributed by atoms with Gasteiger partial charge in [-0.15, -0.1) is 0 Å². The molecule has 1 N–H and O–H groups in total. The molecule has 2 aromatic rings. The summed E-state index contributed by atoms with van der Waals surface area (Å²) in [7, 11) is 0. The van der Waals surface area contributed by atoms with Gasteiger partial charge >= 0.3 is 0 Å². The zero-order valence-corrected chi connectivity index (χ0v) is 14.4. The van der Waals surface area contributed by atoms with Gasteiger partial charge in [-0.1, -0.05) is 25.1 Å². The second kappa shape index (κ2) is 6.23. The van der Waals surface area contributed by atoms with Crippen molar-refractivity contribution in [3.8, 4) is 0 Å². The summed E-state index contributed by atoms with van der Waals surface area (Å²) in [6.45, 7) is 6.37. The number of pyridine rings is 1. The Labute approximate surface area is 142 Å². The summed E-state index contributed by atoms with van der Waals surface area (Å²) in [5.41, 5.74) is 1.69. The van der Waals surface area contributed by atoms with Crippen LogP contribution in [0.3, 0.4) is 0 Å². The van der Waals surface area contributed by atoms with E-state index >= 15 is 0 Å². The van der Waals surface area contributed by atoms with Crippen molar-refractivity contribution in [2.75, 3.05) is 11.9 Å². The van der Waals surface area contributed by atoms with E-state index in [-0.39, 0.29) is 11.8 Å². The summed E-state index contributed by atoms with van der Waals surface area (Å²) in [6, 6.07) is 9.61. The Hall–Kier alpha value is -2.43. The Balaban J connectivity index is 1.86. The van der Waals surface area contributed by atoms with E-state index in [2.05, 4.69) is 10.3 Å². The van der Waals surface area contributed by atoms with Gasteiger partial charge in [-0.05, 0) is 38.8 Å². The van der Waals surface area contributed by atoms with Crippen molar-refractivity contribution >= 4 is 28.4 Å². The quantitative estimate of drug-likeness (QED) is 0.938. The highest BCUT2D eigenvalue weighted by atomic mass is 16.2. The van der Waals surface area contributed by atoms with Gasteiger partial charge in [-0.25, -0.2) is 0 Å². The lowest BCUT2D eigenvalue weighted by Crippen LogP contribution is -2.66. The van der Waals surface area contributed by atoms with Gasteiger partial charge in [0, 0.05) is 24.0 Å². The van der Waals surface area contributed by atoms with Crippen LogP contribution in [-0.2, 0) is 9.59 Å². The van der Waals surface area contributed by atoms with Crippen LogP contribution in [-0.4, -0.2) is 33.8 Å². The van der Waals surface area contributed by atoms with E-state index in [1.54, 1.807) is 4.90 Å². The van der Waals surface area contributed by atoms with Crippen molar-refractivity contribution < 1.29 is 9.59 Å². The number of para-hydroxylation sites is 1. The molecule has 1 aliphatic heterocycles. The molecule has 1 atom stereocenters. The predicted octanol–water partition coefficient (Wildman–Crippen LogP) is 3.27. The fourth-order valence-corrected chi connectivity index (χ4v) is 3.21. The van der Waals surface area contributed by atoms with Crippen LogP contribution >= 0.6 is 0 Å². The maximum Gasteiger partial charge on any atom is 0.250 e. The zero-order valence-electron chi connectivity index (χ0n) is 14.4. The second-order valence-corrected chi connectivity index (χ2v) is 6.60. The topological polar surface area (TPSA) is 62.3 Å². The Kier molecular flexibility index (Phi) is 4.26. The van der Waals surface area contributed by atoms with Crippen LogP contribution in [0.4, 0.5) is 5.69 Å². The molecule has 126 valence electrons. The van der Waals surface area contributed by atoms with Crippen molar-refractivity contribution in [2.45, 2.75) is 45.6 Å². The van der Waals surface area contributed by atoms with Gasteiger partial charge in [0.1, 0.15) is 5.54 Å². The van der Waals surface area contributed by atoms with E-state index in [9.17, 15) is 9.59 Å². The summed E-state index contributed by atoms with van der Waals surface area (Å²) in [6.07, 6.45) is 1.97. The van der Waals surface area contributed by atoms with Crippen LogP contribution in [0, 0.1) is 6.92 Å². The number of benzene rings is 1. The van der Waals surface area contributed by atoms with E-state index in [1.807, 2.05) is 51.1 Å². The van der Waals surface area contributed by atoms with Gasteiger partial charge < -0.3 is 10.2 Å². The van der Waals surface area contributed by atoms with E-state index in [0.29, 0.717) is 19.4 Å². The molecule has 5 heteroatoms. The first-order chi connectivity index (χ1) is 11.5. The average Bonchev–Trinajstić information content (AvgIpc) is 2.53. The molecule has 3 rings (SSSR count). The molecule has 1 saturated heterocycles. The summed E-state index contributed by atoms with van der Waals surface area (Å²) >= 11 is 0. The summed E-state index contributed by atoms with van der Waals surface area (Å²) in [5, 5.41) is 3.93.